The maximum atomic E-state index is 14.3. The molecular weight excluding hydrogens is 544 g/mol. The van der Waals surface area contributed by atoms with Crippen molar-refractivity contribution in [1.29, 1.82) is 0 Å². The first kappa shape index (κ1) is 31.7. The van der Waals surface area contributed by atoms with Crippen molar-refractivity contribution >= 4 is 23.5 Å². The second kappa shape index (κ2) is 14.8. The van der Waals surface area contributed by atoms with E-state index in [0.717, 1.165) is 36.8 Å². The first-order valence-electron chi connectivity index (χ1n) is 15.3. The number of aliphatic hydroxyl groups excluding tert-OH is 1. The summed E-state index contributed by atoms with van der Waals surface area (Å²) < 4.78 is 1.63. The van der Waals surface area contributed by atoms with Crippen LogP contribution in [0.3, 0.4) is 0 Å². The number of anilines is 1. The summed E-state index contributed by atoms with van der Waals surface area (Å²) in [6.45, 7) is 9.85. The molecule has 4 amide bonds. The van der Waals surface area contributed by atoms with E-state index >= 15 is 0 Å². The summed E-state index contributed by atoms with van der Waals surface area (Å²) in [4.78, 5) is 43.7. The number of urea groups is 1. The zero-order chi connectivity index (χ0) is 30.9. The molecule has 0 radical (unpaired) electrons. The third kappa shape index (κ3) is 7.43. The lowest BCUT2D eigenvalue weighted by molar-refractivity contribution is 0.0544. The summed E-state index contributed by atoms with van der Waals surface area (Å²) in [7, 11) is 0. The van der Waals surface area contributed by atoms with Gasteiger partial charge in [0.1, 0.15) is 0 Å². The Morgan fingerprint density at radius 3 is 2.35 bits per heavy atom. The number of carbonyl (C=O) groups excluding carboxylic acids is 3. The summed E-state index contributed by atoms with van der Waals surface area (Å²) in [5.41, 5.74) is 4.42. The minimum atomic E-state index is -0.406. The fourth-order valence-electron chi connectivity index (χ4n) is 5.45. The number of hydrogen-bond acceptors (Lipinski definition) is 5. The number of nitrogens with zero attached hydrogens (tertiary/aromatic N) is 4. The maximum absolute atomic E-state index is 14.3. The molecule has 2 aromatic carbocycles. The predicted octanol–water partition coefficient (Wildman–Crippen LogP) is 4.92. The minimum absolute atomic E-state index is 0.126. The van der Waals surface area contributed by atoms with Gasteiger partial charge in [-0.3, -0.25) is 9.59 Å². The first-order chi connectivity index (χ1) is 20.8. The van der Waals surface area contributed by atoms with Gasteiger partial charge in [-0.1, -0.05) is 51.0 Å². The van der Waals surface area contributed by atoms with Gasteiger partial charge in [0.05, 0.1) is 23.9 Å². The molecular formula is C33H44N6O4. The number of aromatic nitrogens is 2. The van der Waals surface area contributed by atoms with Crippen LogP contribution >= 0.6 is 0 Å². The second-order valence-corrected chi connectivity index (χ2v) is 11.0. The van der Waals surface area contributed by atoms with Crippen LogP contribution in [0.15, 0.2) is 48.5 Å². The monoisotopic (exact) mass is 588 g/mol. The molecule has 3 N–H and O–H groups in total. The van der Waals surface area contributed by atoms with Gasteiger partial charge in [-0.2, -0.15) is 5.10 Å². The molecule has 4 rings (SSSR count). The van der Waals surface area contributed by atoms with Crippen LogP contribution in [0.2, 0.25) is 0 Å². The largest absolute Gasteiger partial charge is 0.394 e. The Bertz CT molecular complexity index is 1430. The van der Waals surface area contributed by atoms with Crippen LogP contribution < -0.4 is 10.6 Å². The van der Waals surface area contributed by atoms with Crippen LogP contribution in [0.4, 0.5) is 10.5 Å². The van der Waals surface area contributed by atoms with Crippen molar-refractivity contribution in [3.8, 4) is 5.69 Å². The van der Waals surface area contributed by atoms with E-state index in [1.165, 1.54) is 0 Å². The average molecular weight is 589 g/mol. The zero-order valence-electron chi connectivity index (χ0n) is 25.7. The smallest absolute Gasteiger partial charge is 0.319 e. The Morgan fingerprint density at radius 1 is 1.00 bits per heavy atom. The maximum Gasteiger partial charge on any atom is 0.319 e. The number of rotatable bonds is 12. The molecule has 0 saturated carbocycles. The van der Waals surface area contributed by atoms with Crippen LogP contribution in [0.1, 0.15) is 84.1 Å². The molecule has 3 aromatic rings. The van der Waals surface area contributed by atoms with Crippen molar-refractivity contribution in [2.24, 2.45) is 0 Å². The van der Waals surface area contributed by atoms with E-state index in [1.54, 1.807) is 33.8 Å². The molecule has 0 spiro atoms. The van der Waals surface area contributed by atoms with Gasteiger partial charge >= 0.3 is 6.03 Å². The van der Waals surface area contributed by atoms with Gasteiger partial charge in [-0.15, -0.1) is 0 Å². The van der Waals surface area contributed by atoms with Crippen LogP contribution in [0, 0.1) is 6.92 Å². The van der Waals surface area contributed by atoms with Crippen molar-refractivity contribution in [3.63, 3.8) is 0 Å². The van der Waals surface area contributed by atoms with Gasteiger partial charge in [0.25, 0.3) is 11.8 Å². The Kier molecular flexibility index (Phi) is 10.9. The van der Waals surface area contributed by atoms with Crippen molar-refractivity contribution in [3.05, 3.63) is 76.6 Å². The average Bonchev–Trinajstić information content (AvgIpc) is 3.41. The third-order valence-electron chi connectivity index (χ3n) is 7.83. The summed E-state index contributed by atoms with van der Waals surface area (Å²) in [6.07, 6.45) is 4.34. The lowest BCUT2D eigenvalue weighted by Gasteiger charge is -2.36. The Balaban J connectivity index is 1.74. The van der Waals surface area contributed by atoms with E-state index in [9.17, 15) is 19.5 Å². The van der Waals surface area contributed by atoms with Gasteiger partial charge in [0, 0.05) is 37.6 Å². The van der Waals surface area contributed by atoms with E-state index in [4.69, 9.17) is 5.10 Å². The number of benzene rings is 2. The number of carbonyl (C=O) groups is 3. The van der Waals surface area contributed by atoms with E-state index in [-0.39, 0.29) is 24.5 Å². The summed E-state index contributed by atoms with van der Waals surface area (Å²) in [5.74, 6) is -0.419. The molecule has 230 valence electrons. The highest BCUT2D eigenvalue weighted by molar-refractivity contribution is 6.00. The zero-order valence-corrected chi connectivity index (χ0v) is 25.7. The molecule has 1 aromatic heterocycles. The molecule has 0 saturated heterocycles. The molecule has 1 aliphatic heterocycles. The molecule has 0 bridgehead atoms. The fraction of sp³-hybridized carbons (Fsp3) is 0.455. The fourth-order valence-corrected chi connectivity index (χ4v) is 5.45. The molecule has 10 nitrogen and oxygen atoms in total. The Hall–Kier alpha value is -4.18. The number of nitrogens with one attached hydrogen (secondary N) is 2. The molecule has 1 atom stereocenters. The Morgan fingerprint density at radius 2 is 1.70 bits per heavy atom. The van der Waals surface area contributed by atoms with E-state index in [2.05, 4.69) is 24.5 Å². The highest BCUT2D eigenvalue weighted by atomic mass is 16.3. The van der Waals surface area contributed by atoms with Crippen LogP contribution in [-0.2, 0) is 13.0 Å². The molecule has 2 heterocycles. The number of unbranched alkanes of at least 4 members (excludes halogenated alkanes) is 2. The number of hydrogen-bond donors (Lipinski definition) is 3. The molecule has 0 aliphatic carbocycles. The van der Waals surface area contributed by atoms with Gasteiger partial charge in [0.15, 0.2) is 5.69 Å². The van der Waals surface area contributed by atoms with Gasteiger partial charge in [-0.25, -0.2) is 9.48 Å². The molecule has 43 heavy (non-hydrogen) atoms. The number of aliphatic hydroxyl groups is 1. The quantitative estimate of drug-likeness (QED) is 0.277. The van der Waals surface area contributed by atoms with Gasteiger partial charge < -0.3 is 25.5 Å². The third-order valence-corrected chi connectivity index (χ3v) is 7.83. The summed E-state index contributed by atoms with van der Waals surface area (Å²) in [5, 5.41) is 20.5. The second-order valence-electron chi connectivity index (χ2n) is 11.0. The van der Waals surface area contributed by atoms with Gasteiger partial charge in [0.2, 0.25) is 0 Å². The highest BCUT2D eigenvalue weighted by Crippen LogP contribution is 2.29. The first-order valence-corrected chi connectivity index (χ1v) is 15.3. The van der Waals surface area contributed by atoms with Crippen LogP contribution in [-0.4, -0.2) is 74.8 Å². The lowest BCUT2D eigenvalue weighted by atomic mass is 9.93. The van der Waals surface area contributed by atoms with Crippen molar-refractivity contribution < 1.29 is 19.5 Å². The SMILES string of the molecule is CCCCN(CCCC)C(=O)c1cc(C)n(-c2ccc(NC(=O)NCC)cc2C(=O)N2Cc3ccccc3C[C@H]2CO)n1. The normalized spacial score (nSPS) is 14.3. The molecule has 0 fully saturated rings. The van der Waals surface area contributed by atoms with Crippen LogP contribution in [0.5, 0.6) is 0 Å². The summed E-state index contributed by atoms with van der Waals surface area (Å²) in [6, 6.07) is 14.0. The van der Waals surface area contributed by atoms with Crippen molar-refractivity contribution in [2.75, 3.05) is 31.6 Å². The predicted molar refractivity (Wildman–Crippen MR) is 168 cm³/mol. The van der Waals surface area contributed by atoms with Crippen LogP contribution in [0.25, 0.3) is 5.69 Å². The van der Waals surface area contributed by atoms with E-state index in [0.29, 0.717) is 60.9 Å². The van der Waals surface area contributed by atoms with Crippen molar-refractivity contribution in [2.45, 2.75) is 72.4 Å². The minimum Gasteiger partial charge on any atom is -0.394 e. The molecule has 10 heteroatoms. The molecule has 1 aliphatic rings. The topological polar surface area (TPSA) is 120 Å². The molecule has 0 unspecified atom stereocenters. The highest BCUT2D eigenvalue weighted by Gasteiger charge is 2.32. The summed E-state index contributed by atoms with van der Waals surface area (Å²) >= 11 is 0. The lowest BCUT2D eigenvalue weighted by Crippen LogP contribution is -2.46. The number of amides is 4. The Labute approximate surface area is 254 Å². The van der Waals surface area contributed by atoms with Crippen molar-refractivity contribution in [1.82, 2.24) is 24.9 Å². The van der Waals surface area contributed by atoms with Gasteiger partial charge in [-0.05, 0) is 68.5 Å². The number of aryl methyl sites for hydroxylation is 1. The van der Waals surface area contributed by atoms with E-state index in [1.807, 2.05) is 43.0 Å². The standard InChI is InChI=1S/C33H44N6O4/c1-5-8-16-37(17-9-6-2)32(42)29-18-23(4)39(36-29)30-15-14-26(35-33(43)34-7-3)20-28(30)31(41)38-21-25-13-11-10-12-24(25)19-27(38)22-40/h10-15,18,20,27,40H,5-9,16-17,19,21-22H2,1-4H3,(H2,34,35,43)/t27-/m0/s1. The van der Waals surface area contributed by atoms with E-state index < -0.39 is 6.04 Å². The number of fused-ring (bicyclic) bond motifs is 1.